The number of amides is 2. The second-order valence-electron chi connectivity index (χ2n) is 6.88. The highest BCUT2D eigenvalue weighted by Crippen LogP contribution is 2.28. The van der Waals surface area contributed by atoms with Crippen molar-refractivity contribution in [1.29, 1.82) is 0 Å². The lowest BCUT2D eigenvalue weighted by molar-refractivity contribution is -0.126. The molecule has 0 heterocycles. The van der Waals surface area contributed by atoms with E-state index >= 15 is 0 Å². The summed E-state index contributed by atoms with van der Waals surface area (Å²) in [5.41, 5.74) is 0. The highest BCUT2D eigenvalue weighted by atomic mass is 16.3. The summed E-state index contributed by atoms with van der Waals surface area (Å²) in [5.74, 6) is 0.757. The zero-order chi connectivity index (χ0) is 15.8. The van der Waals surface area contributed by atoms with Gasteiger partial charge in [0.2, 0.25) is 11.8 Å². The van der Waals surface area contributed by atoms with Crippen molar-refractivity contribution in [3.63, 3.8) is 0 Å². The molecule has 0 bridgehead atoms. The molecule has 0 aromatic carbocycles. The Morgan fingerprint density at radius 3 is 2.27 bits per heavy atom. The molecule has 1 atom stereocenters. The second-order valence-corrected chi connectivity index (χ2v) is 6.88. The van der Waals surface area contributed by atoms with E-state index in [4.69, 9.17) is 0 Å². The monoisotopic (exact) mass is 310 g/mol. The van der Waals surface area contributed by atoms with Crippen LogP contribution in [-0.2, 0) is 9.59 Å². The van der Waals surface area contributed by atoms with Gasteiger partial charge in [0.25, 0.3) is 0 Å². The van der Waals surface area contributed by atoms with Crippen LogP contribution < -0.4 is 10.6 Å². The lowest BCUT2D eigenvalue weighted by atomic mass is 10.0. The normalized spacial score (nSPS) is 21.0. The van der Waals surface area contributed by atoms with Crippen molar-refractivity contribution >= 4 is 11.8 Å². The fourth-order valence-electron chi connectivity index (χ4n) is 3.69. The summed E-state index contributed by atoms with van der Waals surface area (Å²) in [6, 6.07) is 0. The quantitative estimate of drug-likeness (QED) is 0.639. The Hall–Kier alpha value is -1.10. The fourth-order valence-corrected chi connectivity index (χ4v) is 3.69. The summed E-state index contributed by atoms with van der Waals surface area (Å²) in [6.45, 7) is 0.308. The molecule has 2 aliphatic carbocycles. The first-order valence-electron chi connectivity index (χ1n) is 8.86. The van der Waals surface area contributed by atoms with Crippen LogP contribution in [0.5, 0.6) is 0 Å². The van der Waals surface area contributed by atoms with E-state index in [0.717, 1.165) is 19.3 Å². The predicted molar refractivity (Wildman–Crippen MR) is 85.2 cm³/mol. The Labute approximate surface area is 133 Å². The lowest BCUT2D eigenvalue weighted by Crippen LogP contribution is -2.41. The van der Waals surface area contributed by atoms with Gasteiger partial charge in [-0.15, -0.1) is 0 Å². The van der Waals surface area contributed by atoms with E-state index in [1.165, 1.54) is 38.5 Å². The summed E-state index contributed by atoms with van der Waals surface area (Å²) in [7, 11) is 0. The summed E-state index contributed by atoms with van der Waals surface area (Å²) in [6.07, 6.45) is 10.5. The van der Waals surface area contributed by atoms with Crippen LogP contribution in [-0.4, -0.2) is 36.1 Å². The maximum Gasteiger partial charge on any atom is 0.239 e. The summed E-state index contributed by atoms with van der Waals surface area (Å²) in [5, 5.41) is 15.4. The second kappa shape index (κ2) is 9.13. The molecule has 0 radical (unpaired) electrons. The third-order valence-corrected chi connectivity index (χ3v) is 5.15. The molecule has 3 N–H and O–H groups in total. The summed E-state index contributed by atoms with van der Waals surface area (Å²) in [4.78, 5) is 23.4. The van der Waals surface area contributed by atoms with Gasteiger partial charge in [-0.25, -0.2) is 0 Å². The van der Waals surface area contributed by atoms with Crippen LogP contribution in [0, 0.1) is 11.8 Å². The molecule has 0 aliphatic heterocycles. The summed E-state index contributed by atoms with van der Waals surface area (Å²) < 4.78 is 0. The molecule has 0 spiro atoms. The van der Waals surface area contributed by atoms with E-state index in [2.05, 4.69) is 10.6 Å². The van der Waals surface area contributed by atoms with Crippen molar-refractivity contribution in [1.82, 2.24) is 10.6 Å². The van der Waals surface area contributed by atoms with Crippen LogP contribution in [0.3, 0.4) is 0 Å². The number of nitrogens with one attached hydrogen (secondary N) is 2. The average molecular weight is 310 g/mol. The predicted octanol–water partition coefficient (Wildman–Crippen LogP) is 1.74. The number of carbonyl (C=O) groups is 2. The maximum atomic E-state index is 11.7. The van der Waals surface area contributed by atoms with Crippen molar-refractivity contribution in [2.75, 3.05) is 13.1 Å². The molecule has 2 rings (SSSR count). The lowest BCUT2D eigenvalue weighted by Gasteiger charge is -2.18. The SMILES string of the molecule is O=C(CCC1CCCC1)NCC(=O)NCC(O)C1CCCC1. The topological polar surface area (TPSA) is 78.4 Å². The van der Waals surface area contributed by atoms with Gasteiger partial charge in [-0.1, -0.05) is 38.5 Å². The minimum atomic E-state index is -0.454. The molecule has 2 saturated carbocycles. The van der Waals surface area contributed by atoms with Crippen LogP contribution in [0.4, 0.5) is 0 Å². The molecule has 5 heteroatoms. The Morgan fingerprint density at radius 2 is 1.59 bits per heavy atom. The smallest absolute Gasteiger partial charge is 0.239 e. The van der Waals surface area contributed by atoms with Gasteiger partial charge >= 0.3 is 0 Å². The van der Waals surface area contributed by atoms with Gasteiger partial charge in [-0.3, -0.25) is 9.59 Å². The molecule has 2 aliphatic rings. The van der Waals surface area contributed by atoms with Crippen molar-refractivity contribution in [3.8, 4) is 0 Å². The van der Waals surface area contributed by atoms with E-state index < -0.39 is 6.10 Å². The molecule has 0 aromatic heterocycles. The zero-order valence-electron chi connectivity index (χ0n) is 13.5. The number of carbonyl (C=O) groups excluding carboxylic acids is 2. The molecule has 0 aromatic rings. The minimum absolute atomic E-state index is 0.0148. The first-order chi connectivity index (χ1) is 10.6. The van der Waals surface area contributed by atoms with Gasteiger partial charge in [0.15, 0.2) is 0 Å². The van der Waals surface area contributed by atoms with Gasteiger partial charge in [0.05, 0.1) is 12.6 Å². The summed E-state index contributed by atoms with van der Waals surface area (Å²) >= 11 is 0. The van der Waals surface area contributed by atoms with Gasteiger partial charge < -0.3 is 15.7 Å². The molecule has 5 nitrogen and oxygen atoms in total. The van der Waals surface area contributed by atoms with Gasteiger partial charge in [0, 0.05) is 13.0 Å². The van der Waals surface area contributed by atoms with Crippen molar-refractivity contribution in [3.05, 3.63) is 0 Å². The highest BCUT2D eigenvalue weighted by Gasteiger charge is 2.23. The van der Waals surface area contributed by atoms with Crippen LogP contribution in [0.1, 0.15) is 64.2 Å². The van der Waals surface area contributed by atoms with Gasteiger partial charge in [0.1, 0.15) is 0 Å². The highest BCUT2D eigenvalue weighted by molar-refractivity contribution is 5.84. The molecule has 22 heavy (non-hydrogen) atoms. The van der Waals surface area contributed by atoms with Gasteiger partial charge in [-0.05, 0) is 31.1 Å². The van der Waals surface area contributed by atoms with Crippen molar-refractivity contribution in [2.45, 2.75) is 70.3 Å². The van der Waals surface area contributed by atoms with E-state index in [0.29, 0.717) is 24.8 Å². The first-order valence-corrected chi connectivity index (χ1v) is 8.86. The molecule has 2 fully saturated rings. The number of aliphatic hydroxyl groups excluding tert-OH is 1. The third-order valence-electron chi connectivity index (χ3n) is 5.15. The van der Waals surface area contributed by atoms with E-state index in [-0.39, 0.29) is 18.4 Å². The Kier molecular flexibility index (Phi) is 7.16. The first kappa shape index (κ1) is 17.3. The van der Waals surface area contributed by atoms with Crippen molar-refractivity contribution < 1.29 is 14.7 Å². The van der Waals surface area contributed by atoms with E-state index in [9.17, 15) is 14.7 Å². The number of rotatable bonds is 8. The largest absolute Gasteiger partial charge is 0.391 e. The van der Waals surface area contributed by atoms with Crippen LogP contribution in [0.25, 0.3) is 0 Å². The molecule has 0 saturated heterocycles. The number of hydrogen-bond acceptors (Lipinski definition) is 3. The van der Waals surface area contributed by atoms with Crippen LogP contribution in [0.15, 0.2) is 0 Å². The molecular weight excluding hydrogens is 280 g/mol. The Morgan fingerprint density at radius 1 is 0.955 bits per heavy atom. The Bertz CT molecular complexity index is 361. The molecular formula is C17H30N2O3. The van der Waals surface area contributed by atoms with Crippen LogP contribution in [0.2, 0.25) is 0 Å². The standard InChI is InChI=1S/C17H30N2O3/c20-15(14-7-3-4-8-14)11-18-17(22)12-19-16(21)10-9-13-5-1-2-6-13/h13-15,20H,1-12H2,(H,18,22)(H,19,21). The van der Waals surface area contributed by atoms with Crippen molar-refractivity contribution in [2.24, 2.45) is 11.8 Å². The van der Waals surface area contributed by atoms with E-state index in [1.807, 2.05) is 0 Å². The third kappa shape index (κ3) is 5.95. The van der Waals surface area contributed by atoms with E-state index in [1.54, 1.807) is 0 Å². The molecule has 1 unspecified atom stereocenters. The van der Waals surface area contributed by atoms with Gasteiger partial charge in [-0.2, -0.15) is 0 Å². The average Bonchev–Trinajstić information content (AvgIpc) is 3.21. The number of aliphatic hydroxyl groups is 1. The maximum absolute atomic E-state index is 11.7. The van der Waals surface area contributed by atoms with Crippen LogP contribution >= 0.6 is 0 Å². The molecule has 126 valence electrons. The Balaban J connectivity index is 1.51. The minimum Gasteiger partial charge on any atom is -0.391 e. The fraction of sp³-hybridized carbons (Fsp3) is 0.882. The number of hydrogen-bond donors (Lipinski definition) is 3. The molecule has 2 amide bonds. The zero-order valence-corrected chi connectivity index (χ0v) is 13.5.